The summed E-state index contributed by atoms with van der Waals surface area (Å²) in [4.78, 5) is 30.4. The third-order valence-electron chi connectivity index (χ3n) is 5.45. The zero-order valence-electron chi connectivity index (χ0n) is 17.6. The molecule has 1 aliphatic rings. The minimum atomic E-state index is -0.464. The first-order chi connectivity index (χ1) is 16.1. The monoisotopic (exact) mass is 444 g/mol. The molecule has 1 saturated heterocycles. The zero-order valence-corrected chi connectivity index (χ0v) is 17.6. The Kier molecular flexibility index (Phi) is 5.45. The first kappa shape index (κ1) is 20.7. The van der Waals surface area contributed by atoms with Gasteiger partial charge in [0.25, 0.3) is 11.6 Å². The number of carbonyl (C=O) groups is 1. The molecule has 0 radical (unpaired) electrons. The fraction of sp³-hybridized carbons (Fsp3) is 0.167. The van der Waals surface area contributed by atoms with Crippen LogP contribution in [0.3, 0.4) is 0 Å². The number of ether oxygens (including phenoxy) is 1. The van der Waals surface area contributed by atoms with Crippen molar-refractivity contribution in [1.82, 2.24) is 4.98 Å². The van der Waals surface area contributed by atoms with Crippen molar-refractivity contribution in [2.24, 2.45) is 0 Å². The van der Waals surface area contributed by atoms with Crippen LogP contribution in [0.2, 0.25) is 0 Å². The second-order valence-corrected chi connectivity index (χ2v) is 7.58. The van der Waals surface area contributed by atoms with E-state index < -0.39 is 10.8 Å². The molecule has 0 saturated carbocycles. The topological polar surface area (TPSA) is 111 Å². The predicted molar refractivity (Wildman–Crippen MR) is 124 cm³/mol. The number of hydrogen-bond acceptors (Lipinski definition) is 7. The molecule has 3 aromatic carbocycles. The summed E-state index contributed by atoms with van der Waals surface area (Å²) in [5, 5.41) is 14.4. The van der Waals surface area contributed by atoms with Crippen LogP contribution in [-0.2, 0) is 4.74 Å². The molecule has 1 fully saturated rings. The lowest BCUT2D eigenvalue weighted by molar-refractivity contribution is -0.384. The number of morpholine rings is 1. The largest absolute Gasteiger partial charge is 0.436 e. The maximum Gasteiger partial charge on any atom is 0.293 e. The van der Waals surface area contributed by atoms with Crippen LogP contribution in [0.1, 0.15) is 10.4 Å². The minimum Gasteiger partial charge on any atom is -0.436 e. The molecule has 5 rings (SSSR count). The van der Waals surface area contributed by atoms with Crippen LogP contribution in [0.5, 0.6) is 0 Å². The number of anilines is 2. The Balaban J connectivity index is 1.38. The van der Waals surface area contributed by atoms with Crippen molar-refractivity contribution in [3.8, 4) is 11.5 Å². The number of nitro benzene ring substituents is 1. The van der Waals surface area contributed by atoms with Gasteiger partial charge in [0.15, 0.2) is 5.58 Å². The number of oxazole rings is 1. The Morgan fingerprint density at radius 2 is 1.82 bits per heavy atom. The highest BCUT2D eigenvalue weighted by Crippen LogP contribution is 2.31. The summed E-state index contributed by atoms with van der Waals surface area (Å²) < 4.78 is 11.1. The number of fused-ring (bicyclic) bond motifs is 1. The van der Waals surface area contributed by atoms with Crippen molar-refractivity contribution in [1.29, 1.82) is 0 Å². The summed E-state index contributed by atoms with van der Waals surface area (Å²) in [6.45, 7) is 2.15. The lowest BCUT2D eigenvalue weighted by atomic mass is 10.1. The molecule has 0 aliphatic carbocycles. The number of aromatic nitrogens is 1. The van der Waals surface area contributed by atoms with Crippen LogP contribution in [0.15, 0.2) is 71.1 Å². The van der Waals surface area contributed by atoms with Crippen LogP contribution in [0.25, 0.3) is 22.6 Å². The summed E-state index contributed by atoms with van der Waals surface area (Å²) in [5.74, 6) is 0.0427. The van der Waals surface area contributed by atoms with Crippen molar-refractivity contribution in [2.45, 2.75) is 0 Å². The number of amides is 1. The van der Waals surface area contributed by atoms with E-state index >= 15 is 0 Å². The molecule has 0 unspecified atom stereocenters. The summed E-state index contributed by atoms with van der Waals surface area (Å²) in [5.41, 5.74) is 3.13. The van der Waals surface area contributed by atoms with Gasteiger partial charge in [-0.25, -0.2) is 4.98 Å². The van der Waals surface area contributed by atoms with Gasteiger partial charge in [0, 0.05) is 36.0 Å². The molecule has 33 heavy (non-hydrogen) atoms. The molecule has 1 amide bonds. The fourth-order valence-corrected chi connectivity index (χ4v) is 3.80. The molecule has 0 atom stereocenters. The normalized spacial score (nSPS) is 13.8. The van der Waals surface area contributed by atoms with Gasteiger partial charge in [-0.05, 0) is 42.5 Å². The molecule has 1 aromatic heterocycles. The van der Waals surface area contributed by atoms with Crippen LogP contribution in [-0.4, -0.2) is 42.1 Å². The Bertz CT molecular complexity index is 1330. The van der Waals surface area contributed by atoms with Crippen molar-refractivity contribution in [2.75, 3.05) is 36.5 Å². The Morgan fingerprint density at radius 1 is 1.03 bits per heavy atom. The second-order valence-electron chi connectivity index (χ2n) is 7.58. The van der Waals surface area contributed by atoms with E-state index in [2.05, 4.69) is 10.3 Å². The Labute approximate surface area is 188 Å². The fourth-order valence-electron chi connectivity index (χ4n) is 3.80. The predicted octanol–water partition coefficient (Wildman–Crippen LogP) is 4.49. The average Bonchev–Trinajstić information content (AvgIpc) is 3.28. The van der Waals surface area contributed by atoms with Gasteiger partial charge in [-0.2, -0.15) is 0 Å². The van der Waals surface area contributed by atoms with E-state index in [1.807, 2.05) is 35.2 Å². The standard InChI is InChI=1S/C24H20N4O5/c29-23(17-6-8-20(21(14-17)28(30)31)27-10-12-32-13-11-27)25-18-7-9-22-19(15-18)26-24(33-22)16-4-2-1-3-5-16/h1-9,14-15H,10-13H2,(H,25,29). The number of carbonyl (C=O) groups excluding carboxylic acids is 1. The van der Waals surface area contributed by atoms with Crippen LogP contribution < -0.4 is 10.2 Å². The van der Waals surface area contributed by atoms with Gasteiger partial charge < -0.3 is 19.4 Å². The van der Waals surface area contributed by atoms with Gasteiger partial charge in [-0.15, -0.1) is 0 Å². The Hall–Kier alpha value is -4.24. The zero-order chi connectivity index (χ0) is 22.8. The smallest absolute Gasteiger partial charge is 0.293 e. The molecule has 0 bridgehead atoms. The molecular formula is C24H20N4O5. The lowest BCUT2D eigenvalue weighted by Crippen LogP contribution is -2.36. The number of nitro groups is 1. The number of rotatable bonds is 5. The molecule has 0 spiro atoms. The molecular weight excluding hydrogens is 424 g/mol. The first-order valence-electron chi connectivity index (χ1n) is 10.5. The summed E-state index contributed by atoms with van der Waals surface area (Å²) >= 11 is 0. The van der Waals surface area contributed by atoms with E-state index in [9.17, 15) is 14.9 Å². The molecule has 9 nitrogen and oxygen atoms in total. The van der Waals surface area contributed by atoms with Gasteiger partial charge in [0.1, 0.15) is 11.2 Å². The molecule has 4 aromatic rings. The number of nitrogens with one attached hydrogen (secondary N) is 1. The van der Waals surface area contributed by atoms with E-state index in [-0.39, 0.29) is 11.3 Å². The van der Waals surface area contributed by atoms with Crippen molar-refractivity contribution >= 4 is 34.1 Å². The van der Waals surface area contributed by atoms with Crippen LogP contribution >= 0.6 is 0 Å². The molecule has 9 heteroatoms. The Morgan fingerprint density at radius 3 is 2.58 bits per heavy atom. The van der Waals surface area contributed by atoms with Gasteiger partial charge in [-0.3, -0.25) is 14.9 Å². The maximum atomic E-state index is 12.8. The van der Waals surface area contributed by atoms with Crippen LogP contribution in [0, 0.1) is 10.1 Å². The van der Waals surface area contributed by atoms with Gasteiger partial charge in [0.2, 0.25) is 5.89 Å². The first-order valence-corrected chi connectivity index (χ1v) is 10.5. The highest BCUT2D eigenvalue weighted by molar-refractivity contribution is 6.05. The molecule has 1 N–H and O–H groups in total. The molecule has 166 valence electrons. The summed E-state index contributed by atoms with van der Waals surface area (Å²) in [6, 6.07) is 19.2. The quantitative estimate of drug-likeness (QED) is 0.357. The van der Waals surface area contributed by atoms with Gasteiger partial charge >= 0.3 is 0 Å². The number of nitrogens with zero attached hydrogens (tertiary/aromatic N) is 3. The van der Waals surface area contributed by atoms with E-state index in [1.165, 1.54) is 6.07 Å². The number of hydrogen-bond donors (Lipinski definition) is 1. The third kappa shape index (κ3) is 4.26. The highest BCUT2D eigenvalue weighted by Gasteiger charge is 2.23. The molecule has 2 heterocycles. The maximum absolute atomic E-state index is 12.8. The highest BCUT2D eigenvalue weighted by atomic mass is 16.6. The van der Waals surface area contributed by atoms with E-state index in [1.54, 1.807) is 30.3 Å². The molecule has 1 aliphatic heterocycles. The SMILES string of the molecule is O=C(Nc1ccc2oc(-c3ccccc3)nc2c1)c1ccc(N2CCOCC2)c([N+](=O)[O-])c1. The van der Waals surface area contributed by atoms with E-state index in [0.717, 1.165) is 5.56 Å². The van der Waals surface area contributed by atoms with E-state index in [0.29, 0.717) is 54.7 Å². The van der Waals surface area contributed by atoms with Crippen LogP contribution in [0.4, 0.5) is 17.1 Å². The second kappa shape index (κ2) is 8.71. The van der Waals surface area contributed by atoms with Crippen molar-refractivity contribution in [3.05, 3.63) is 82.4 Å². The number of benzene rings is 3. The summed E-state index contributed by atoms with van der Waals surface area (Å²) in [7, 11) is 0. The average molecular weight is 444 g/mol. The van der Waals surface area contributed by atoms with Crippen molar-refractivity contribution in [3.63, 3.8) is 0 Å². The minimum absolute atomic E-state index is 0.107. The van der Waals surface area contributed by atoms with E-state index in [4.69, 9.17) is 9.15 Å². The van der Waals surface area contributed by atoms with Gasteiger partial charge in [-0.1, -0.05) is 18.2 Å². The third-order valence-corrected chi connectivity index (χ3v) is 5.45. The summed E-state index contributed by atoms with van der Waals surface area (Å²) in [6.07, 6.45) is 0. The van der Waals surface area contributed by atoms with Gasteiger partial charge in [0.05, 0.1) is 18.1 Å². The lowest BCUT2D eigenvalue weighted by Gasteiger charge is -2.28. The van der Waals surface area contributed by atoms with Crippen molar-refractivity contribution < 1.29 is 18.9 Å².